The highest BCUT2D eigenvalue weighted by Gasteiger charge is 2.24. The molecule has 0 heterocycles. The maximum absolute atomic E-state index is 12.6. The van der Waals surface area contributed by atoms with Gasteiger partial charge in [-0.2, -0.15) is 4.31 Å². The predicted molar refractivity (Wildman–Crippen MR) is 88.1 cm³/mol. The largest absolute Gasteiger partial charge is 0.310 e. The van der Waals surface area contributed by atoms with Crippen molar-refractivity contribution in [1.29, 1.82) is 0 Å². The molecule has 1 aromatic carbocycles. The Morgan fingerprint density at radius 1 is 1.43 bits per heavy atom. The fourth-order valence-corrected chi connectivity index (χ4v) is 3.80. The van der Waals surface area contributed by atoms with Crippen molar-refractivity contribution < 1.29 is 8.42 Å². The van der Waals surface area contributed by atoms with Gasteiger partial charge in [-0.25, -0.2) is 8.42 Å². The van der Waals surface area contributed by atoms with Gasteiger partial charge < -0.3 is 5.32 Å². The van der Waals surface area contributed by atoms with Crippen LogP contribution in [-0.4, -0.2) is 31.9 Å². The first kappa shape index (κ1) is 18.2. The molecule has 1 aromatic rings. The van der Waals surface area contributed by atoms with Gasteiger partial charge in [0.1, 0.15) is 4.90 Å². The second kappa shape index (κ2) is 7.94. The highest BCUT2D eigenvalue weighted by Crippen LogP contribution is 2.26. The molecule has 0 atom stereocenters. The molecule has 21 heavy (non-hydrogen) atoms. The molecule has 0 fully saturated rings. The first-order valence-corrected chi connectivity index (χ1v) is 8.77. The van der Waals surface area contributed by atoms with Crippen molar-refractivity contribution in [2.45, 2.75) is 38.3 Å². The minimum absolute atomic E-state index is 0.149. The molecular formula is C15H23ClN2O2S. The summed E-state index contributed by atoms with van der Waals surface area (Å²) < 4.78 is 26.6. The Balaban J connectivity index is 3.15. The molecule has 0 spiro atoms. The summed E-state index contributed by atoms with van der Waals surface area (Å²) in [6.07, 6.45) is 1.57. The Morgan fingerprint density at radius 2 is 2.10 bits per heavy atom. The Labute approximate surface area is 132 Å². The summed E-state index contributed by atoms with van der Waals surface area (Å²) in [5.41, 5.74) is 0.890. The quantitative estimate of drug-likeness (QED) is 0.745. The van der Waals surface area contributed by atoms with E-state index < -0.39 is 10.0 Å². The van der Waals surface area contributed by atoms with Crippen LogP contribution in [0.15, 0.2) is 35.7 Å². The van der Waals surface area contributed by atoms with E-state index in [0.29, 0.717) is 19.1 Å². The molecule has 0 saturated heterocycles. The molecular weight excluding hydrogens is 308 g/mol. The van der Waals surface area contributed by atoms with E-state index in [1.54, 1.807) is 25.1 Å². The average Bonchev–Trinajstić information content (AvgIpc) is 2.43. The minimum Gasteiger partial charge on any atom is -0.310 e. The van der Waals surface area contributed by atoms with E-state index in [9.17, 15) is 8.42 Å². The monoisotopic (exact) mass is 330 g/mol. The van der Waals surface area contributed by atoms with Crippen LogP contribution in [0.5, 0.6) is 0 Å². The molecule has 0 aliphatic rings. The molecule has 0 amide bonds. The van der Waals surface area contributed by atoms with Gasteiger partial charge in [0.25, 0.3) is 0 Å². The van der Waals surface area contributed by atoms with Crippen LogP contribution < -0.4 is 5.32 Å². The first-order chi connectivity index (χ1) is 9.82. The van der Waals surface area contributed by atoms with Crippen molar-refractivity contribution in [2.24, 2.45) is 0 Å². The van der Waals surface area contributed by atoms with Crippen LogP contribution in [0.3, 0.4) is 0 Å². The number of rotatable bonds is 8. The van der Waals surface area contributed by atoms with Crippen LogP contribution in [0.4, 0.5) is 0 Å². The summed E-state index contributed by atoms with van der Waals surface area (Å²) in [4.78, 5) is 0.149. The van der Waals surface area contributed by atoms with E-state index in [1.807, 2.05) is 19.9 Å². The summed E-state index contributed by atoms with van der Waals surface area (Å²) in [5.74, 6) is 0. The molecule has 4 nitrogen and oxygen atoms in total. The van der Waals surface area contributed by atoms with Crippen molar-refractivity contribution in [3.8, 4) is 0 Å². The SMILES string of the molecule is C=CCN(CC)S(=O)(=O)c1cc(CNC(C)C)ccc1Cl. The van der Waals surface area contributed by atoms with E-state index in [1.165, 1.54) is 4.31 Å². The number of sulfonamides is 1. The van der Waals surface area contributed by atoms with Crippen LogP contribution >= 0.6 is 11.6 Å². The summed E-state index contributed by atoms with van der Waals surface area (Å²) in [6.45, 7) is 10.7. The normalized spacial score (nSPS) is 12.1. The molecule has 0 unspecified atom stereocenters. The third-order valence-electron chi connectivity index (χ3n) is 3.01. The molecule has 0 bridgehead atoms. The van der Waals surface area contributed by atoms with Crippen LogP contribution in [0.25, 0.3) is 0 Å². The Kier molecular flexibility index (Phi) is 6.87. The van der Waals surface area contributed by atoms with E-state index in [-0.39, 0.29) is 16.5 Å². The van der Waals surface area contributed by atoms with E-state index >= 15 is 0 Å². The van der Waals surface area contributed by atoms with Crippen molar-refractivity contribution in [3.63, 3.8) is 0 Å². The maximum Gasteiger partial charge on any atom is 0.244 e. The first-order valence-electron chi connectivity index (χ1n) is 6.95. The van der Waals surface area contributed by atoms with E-state index in [4.69, 9.17) is 11.6 Å². The summed E-state index contributed by atoms with van der Waals surface area (Å²) in [5, 5.41) is 3.50. The number of hydrogen-bond donors (Lipinski definition) is 1. The molecule has 0 saturated carbocycles. The Bertz CT molecular complexity index is 585. The van der Waals surface area contributed by atoms with E-state index in [0.717, 1.165) is 5.56 Å². The zero-order valence-electron chi connectivity index (χ0n) is 12.8. The molecule has 1 rings (SSSR count). The predicted octanol–water partition coefficient (Wildman–Crippen LogP) is 3.03. The van der Waals surface area contributed by atoms with Crippen molar-refractivity contribution >= 4 is 21.6 Å². The maximum atomic E-state index is 12.6. The van der Waals surface area contributed by atoms with Gasteiger partial charge in [0.15, 0.2) is 0 Å². The molecule has 118 valence electrons. The second-order valence-corrected chi connectivity index (χ2v) is 7.36. The van der Waals surface area contributed by atoms with Crippen LogP contribution in [0, 0.1) is 0 Å². The van der Waals surface area contributed by atoms with E-state index in [2.05, 4.69) is 11.9 Å². The number of benzene rings is 1. The van der Waals surface area contributed by atoms with Gasteiger partial charge in [0, 0.05) is 25.7 Å². The molecule has 6 heteroatoms. The zero-order valence-corrected chi connectivity index (χ0v) is 14.3. The van der Waals surface area contributed by atoms with Crippen molar-refractivity contribution in [3.05, 3.63) is 41.4 Å². The fourth-order valence-electron chi connectivity index (χ4n) is 1.86. The van der Waals surface area contributed by atoms with Crippen molar-refractivity contribution in [1.82, 2.24) is 9.62 Å². The van der Waals surface area contributed by atoms with Gasteiger partial charge in [-0.1, -0.05) is 44.5 Å². The Hall–Kier alpha value is -0.880. The number of hydrogen-bond acceptors (Lipinski definition) is 3. The molecule has 0 radical (unpaired) electrons. The summed E-state index contributed by atoms with van der Waals surface area (Å²) in [7, 11) is -3.60. The van der Waals surface area contributed by atoms with Crippen LogP contribution in [0.1, 0.15) is 26.3 Å². The summed E-state index contributed by atoms with van der Waals surface area (Å²) in [6, 6.07) is 5.43. The highest BCUT2D eigenvalue weighted by molar-refractivity contribution is 7.89. The summed E-state index contributed by atoms with van der Waals surface area (Å²) >= 11 is 6.09. The zero-order chi connectivity index (χ0) is 16.0. The highest BCUT2D eigenvalue weighted by atomic mass is 35.5. The second-order valence-electron chi connectivity index (χ2n) is 5.04. The topological polar surface area (TPSA) is 49.4 Å². The lowest BCUT2D eigenvalue weighted by Crippen LogP contribution is -2.31. The Morgan fingerprint density at radius 3 is 2.62 bits per heavy atom. The molecule has 1 N–H and O–H groups in total. The number of nitrogens with zero attached hydrogens (tertiary/aromatic N) is 1. The van der Waals surface area contributed by atoms with Crippen LogP contribution in [-0.2, 0) is 16.6 Å². The smallest absolute Gasteiger partial charge is 0.244 e. The molecule has 0 aromatic heterocycles. The van der Waals surface area contributed by atoms with Gasteiger partial charge in [-0.3, -0.25) is 0 Å². The average molecular weight is 331 g/mol. The number of halogens is 1. The third-order valence-corrected chi connectivity index (χ3v) is 5.44. The molecule has 0 aliphatic heterocycles. The lowest BCUT2D eigenvalue weighted by atomic mass is 10.2. The molecule has 0 aliphatic carbocycles. The lowest BCUT2D eigenvalue weighted by Gasteiger charge is -2.20. The minimum atomic E-state index is -3.60. The number of nitrogens with one attached hydrogen (secondary N) is 1. The van der Waals surface area contributed by atoms with Gasteiger partial charge in [0.2, 0.25) is 10.0 Å². The van der Waals surface area contributed by atoms with Crippen LogP contribution in [0.2, 0.25) is 5.02 Å². The fraction of sp³-hybridized carbons (Fsp3) is 0.467. The van der Waals surface area contributed by atoms with Gasteiger partial charge in [-0.15, -0.1) is 6.58 Å². The van der Waals surface area contributed by atoms with Crippen molar-refractivity contribution in [2.75, 3.05) is 13.1 Å². The number of likely N-dealkylation sites (N-methyl/N-ethyl adjacent to an activating group) is 1. The third kappa shape index (κ3) is 4.81. The van der Waals surface area contributed by atoms with Gasteiger partial charge in [0.05, 0.1) is 5.02 Å². The lowest BCUT2D eigenvalue weighted by molar-refractivity contribution is 0.460. The van der Waals surface area contributed by atoms with Gasteiger partial charge in [-0.05, 0) is 17.7 Å². The standard InChI is InChI=1S/C15H23ClN2O2S/c1-5-9-18(6-2)21(19,20)15-10-13(7-8-14(15)16)11-17-12(3)4/h5,7-8,10,12,17H,1,6,9,11H2,2-4H3. The van der Waals surface area contributed by atoms with Gasteiger partial charge >= 0.3 is 0 Å².